The van der Waals surface area contributed by atoms with E-state index in [0.29, 0.717) is 12.0 Å². The van der Waals surface area contributed by atoms with Crippen LogP contribution in [0.2, 0.25) is 0 Å². The number of carbonyl (C=O) groups excluding carboxylic acids is 1. The quantitative estimate of drug-likeness (QED) is 0.781. The molecule has 0 aromatic carbocycles. The van der Waals surface area contributed by atoms with Crippen molar-refractivity contribution < 1.29 is 9.53 Å². The Morgan fingerprint density at radius 2 is 2.37 bits per heavy atom. The smallest absolute Gasteiger partial charge is 0.358 e. The summed E-state index contributed by atoms with van der Waals surface area (Å²) in [6, 6.07) is 0.539. The number of nitrogens with one attached hydrogen (secondary N) is 1. The Hall–Kier alpha value is -1.69. The number of carbonyl (C=O) groups is 1. The van der Waals surface area contributed by atoms with Crippen LogP contribution in [0.3, 0.4) is 0 Å². The number of hydrogen-bond donors (Lipinski definition) is 1. The summed E-state index contributed by atoms with van der Waals surface area (Å²) in [6.07, 6.45) is 5.65. The number of anilines is 1. The van der Waals surface area contributed by atoms with E-state index in [-0.39, 0.29) is 5.69 Å². The predicted molar refractivity (Wildman–Crippen MR) is 70.1 cm³/mol. The van der Waals surface area contributed by atoms with Crippen molar-refractivity contribution in [3.05, 3.63) is 18.1 Å². The van der Waals surface area contributed by atoms with Gasteiger partial charge in [0, 0.05) is 19.1 Å². The van der Waals surface area contributed by atoms with Gasteiger partial charge in [-0.05, 0) is 25.3 Å². The number of methoxy groups -OCH3 is 1. The second-order valence-corrected chi connectivity index (χ2v) is 5.12. The molecule has 19 heavy (non-hydrogen) atoms. The molecular weight excluding hydrogens is 244 g/mol. The normalized spacial score (nSPS) is 26.1. The number of hydrogen-bond acceptors (Lipinski definition) is 6. The van der Waals surface area contributed by atoms with E-state index in [9.17, 15) is 4.79 Å². The van der Waals surface area contributed by atoms with Crippen LogP contribution in [0.1, 0.15) is 23.3 Å². The fraction of sp³-hybridized carbons (Fsp3) is 0.615. The molecule has 0 aliphatic carbocycles. The second-order valence-electron chi connectivity index (χ2n) is 5.12. The molecule has 0 bridgehead atoms. The van der Waals surface area contributed by atoms with Gasteiger partial charge in [-0.2, -0.15) is 0 Å². The molecule has 0 radical (unpaired) electrons. The molecule has 0 saturated carbocycles. The van der Waals surface area contributed by atoms with E-state index >= 15 is 0 Å². The Bertz CT molecular complexity index is 465. The van der Waals surface area contributed by atoms with Crippen LogP contribution in [0.15, 0.2) is 12.4 Å². The van der Waals surface area contributed by atoms with Gasteiger partial charge in [0.15, 0.2) is 5.69 Å². The topological polar surface area (TPSA) is 67.3 Å². The fourth-order valence-electron chi connectivity index (χ4n) is 2.94. The summed E-state index contributed by atoms with van der Waals surface area (Å²) < 4.78 is 4.68. The Balaban J connectivity index is 1.77. The van der Waals surface area contributed by atoms with Crippen LogP contribution < -0.4 is 10.2 Å². The highest BCUT2D eigenvalue weighted by atomic mass is 16.5. The molecule has 2 saturated heterocycles. The average Bonchev–Trinajstić information content (AvgIpc) is 2.90. The number of aromatic nitrogens is 2. The lowest BCUT2D eigenvalue weighted by Crippen LogP contribution is -2.40. The first-order valence-electron chi connectivity index (χ1n) is 6.66. The van der Waals surface area contributed by atoms with Gasteiger partial charge in [0.05, 0.1) is 19.5 Å². The molecule has 102 valence electrons. The van der Waals surface area contributed by atoms with Crippen LogP contribution in [0.25, 0.3) is 0 Å². The summed E-state index contributed by atoms with van der Waals surface area (Å²) in [5.41, 5.74) is 0.267. The molecule has 1 aromatic heterocycles. The Morgan fingerprint density at radius 3 is 3.16 bits per heavy atom. The Morgan fingerprint density at radius 1 is 1.47 bits per heavy atom. The number of fused-ring (bicyclic) bond motifs is 1. The number of esters is 1. The van der Waals surface area contributed by atoms with Crippen LogP contribution in [0.4, 0.5) is 5.82 Å². The fourth-order valence-corrected chi connectivity index (χ4v) is 2.94. The molecule has 3 rings (SSSR count). The zero-order valence-electron chi connectivity index (χ0n) is 11.0. The molecule has 0 spiro atoms. The lowest BCUT2D eigenvalue weighted by Gasteiger charge is -2.24. The number of ether oxygens (including phenoxy) is 1. The summed E-state index contributed by atoms with van der Waals surface area (Å²) in [7, 11) is 1.35. The molecule has 6 nitrogen and oxygen atoms in total. The molecule has 0 unspecified atom stereocenters. The van der Waals surface area contributed by atoms with Gasteiger partial charge in [0.25, 0.3) is 0 Å². The molecule has 1 N–H and O–H groups in total. The van der Waals surface area contributed by atoms with Crippen LogP contribution in [0, 0.1) is 5.92 Å². The van der Waals surface area contributed by atoms with Gasteiger partial charge in [-0.1, -0.05) is 0 Å². The van der Waals surface area contributed by atoms with Crippen molar-refractivity contribution in [1.29, 1.82) is 0 Å². The molecule has 0 amide bonds. The summed E-state index contributed by atoms with van der Waals surface area (Å²) in [5.74, 6) is 1.00. The minimum absolute atomic E-state index is 0.267. The minimum Gasteiger partial charge on any atom is -0.464 e. The maximum Gasteiger partial charge on any atom is 0.358 e. The van der Waals surface area contributed by atoms with Crippen molar-refractivity contribution >= 4 is 11.8 Å². The minimum atomic E-state index is -0.441. The molecular formula is C13H18N4O2. The zero-order chi connectivity index (χ0) is 13.2. The Labute approximate surface area is 112 Å². The summed E-state index contributed by atoms with van der Waals surface area (Å²) in [5, 5.41) is 3.55. The van der Waals surface area contributed by atoms with Crippen LogP contribution in [0.5, 0.6) is 0 Å². The lowest BCUT2D eigenvalue weighted by atomic mass is 9.94. The van der Waals surface area contributed by atoms with Gasteiger partial charge < -0.3 is 15.0 Å². The van der Waals surface area contributed by atoms with E-state index in [1.165, 1.54) is 26.1 Å². The molecule has 2 aliphatic heterocycles. The molecule has 3 heterocycles. The van der Waals surface area contributed by atoms with E-state index in [4.69, 9.17) is 0 Å². The van der Waals surface area contributed by atoms with E-state index < -0.39 is 5.97 Å². The van der Waals surface area contributed by atoms with Gasteiger partial charge in [-0.25, -0.2) is 9.78 Å². The van der Waals surface area contributed by atoms with Gasteiger partial charge >= 0.3 is 5.97 Å². The number of nitrogens with zero attached hydrogens (tertiary/aromatic N) is 3. The first-order valence-corrected chi connectivity index (χ1v) is 6.66. The van der Waals surface area contributed by atoms with Gasteiger partial charge in [-0.15, -0.1) is 0 Å². The predicted octanol–water partition coefficient (Wildman–Crippen LogP) is 0.451. The van der Waals surface area contributed by atoms with Gasteiger partial charge in [-0.3, -0.25) is 4.98 Å². The number of rotatable bonds is 2. The van der Waals surface area contributed by atoms with E-state index in [0.717, 1.165) is 25.5 Å². The maximum atomic E-state index is 11.5. The third-order valence-corrected chi connectivity index (χ3v) is 3.94. The highest BCUT2D eigenvalue weighted by Gasteiger charge is 2.35. The molecule has 1 aromatic rings. The maximum absolute atomic E-state index is 11.5. The molecule has 2 atom stereocenters. The Kier molecular flexibility index (Phi) is 3.33. The first kappa shape index (κ1) is 12.3. The van der Waals surface area contributed by atoms with Crippen molar-refractivity contribution in [2.24, 2.45) is 5.92 Å². The summed E-state index contributed by atoms with van der Waals surface area (Å²) in [4.78, 5) is 22.1. The highest BCUT2D eigenvalue weighted by Crippen LogP contribution is 2.27. The SMILES string of the molecule is COC(=O)c1cncc(N2C[C@@H]3CCCN[C@@H]3C2)n1. The largest absolute Gasteiger partial charge is 0.464 e. The van der Waals surface area contributed by atoms with Gasteiger partial charge in [0.2, 0.25) is 0 Å². The molecule has 2 aliphatic rings. The van der Waals surface area contributed by atoms with Crippen LogP contribution in [-0.2, 0) is 4.74 Å². The molecule has 6 heteroatoms. The van der Waals surface area contributed by atoms with Crippen molar-refractivity contribution in [1.82, 2.24) is 15.3 Å². The third kappa shape index (κ3) is 2.40. The third-order valence-electron chi connectivity index (χ3n) is 3.94. The van der Waals surface area contributed by atoms with E-state index in [2.05, 4.69) is 24.9 Å². The van der Waals surface area contributed by atoms with E-state index in [1.54, 1.807) is 6.20 Å². The monoisotopic (exact) mass is 262 g/mol. The van der Waals surface area contributed by atoms with Crippen molar-refractivity contribution in [3.8, 4) is 0 Å². The molecule has 2 fully saturated rings. The van der Waals surface area contributed by atoms with Crippen LogP contribution in [-0.4, -0.2) is 48.7 Å². The zero-order valence-corrected chi connectivity index (χ0v) is 11.0. The summed E-state index contributed by atoms with van der Waals surface area (Å²) >= 11 is 0. The average molecular weight is 262 g/mol. The number of piperidine rings is 1. The lowest BCUT2D eigenvalue weighted by molar-refractivity contribution is 0.0593. The van der Waals surface area contributed by atoms with Crippen molar-refractivity contribution in [2.75, 3.05) is 31.6 Å². The first-order chi connectivity index (χ1) is 9.28. The summed E-state index contributed by atoms with van der Waals surface area (Å²) in [6.45, 7) is 3.02. The van der Waals surface area contributed by atoms with Gasteiger partial charge in [0.1, 0.15) is 5.82 Å². The highest BCUT2D eigenvalue weighted by molar-refractivity contribution is 5.87. The van der Waals surface area contributed by atoms with Crippen molar-refractivity contribution in [3.63, 3.8) is 0 Å². The second kappa shape index (κ2) is 5.13. The van der Waals surface area contributed by atoms with E-state index in [1.807, 2.05) is 0 Å². The van der Waals surface area contributed by atoms with Crippen LogP contribution >= 0.6 is 0 Å². The van der Waals surface area contributed by atoms with Crippen molar-refractivity contribution in [2.45, 2.75) is 18.9 Å². The standard InChI is InChI=1S/C13H18N4O2/c1-19-13(18)10-5-14-6-12(16-10)17-7-9-3-2-4-15-11(9)8-17/h5-6,9,11,15H,2-4,7-8H2,1H3/t9-,11+/m0/s1.